The first-order valence-corrected chi connectivity index (χ1v) is 6.91. The summed E-state index contributed by atoms with van der Waals surface area (Å²) in [6.07, 6.45) is 3.83. The molecule has 110 valence electrons. The number of aromatic nitrogens is 3. The summed E-state index contributed by atoms with van der Waals surface area (Å²) in [6, 6.07) is 0.247. The standard InChI is InChI=1S/C15H19N5O/c1-4-12(21)17-7-5-6-11-8-20(10(2)3)15-13(11)14(16)18-9-19-15/h8-10H,4,7H2,1-3H3,(H,17,21)(H2,16,18,19). The highest BCUT2D eigenvalue weighted by molar-refractivity contribution is 5.92. The number of carbonyl (C=O) groups is 1. The number of nitrogens with zero attached hydrogens (tertiary/aromatic N) is 3. The second kappa shape index (κ2) is 6.27. The van der Waals surface area contributed by atoms with Gasteiger partial charge in [0.2, 0.25) is 5.91 Å². The fourth-order valence-corrected chi connectivity index (χ4v) is 2.00. The van der Waals surface area contributed by atoms with E-state index in [4.69, 9.17) is 5.73 Å². The highest BCUT2D eigenvalue weighted by Gasteiger charge is 2.13. The van der Waals surface area contributed by atoms with Crippen LogP contribution in [0.25, 0.3) is 11.0 Å². The molecule has 2 aromatic rings. The number of carbonyl (C=O) groups excluding carboxylic acids is 1. The Balaban J connectivity index is 2.36. The van der Waals surface area contributed by atoms with E-state index in [2.05, 4.69) is 41.0 Å². The summed E-state index contributed by atoms with van der Waals surface area (Å²) >= 11 is 0. The molecule has 0 saturated carbocycles. The van der Waals surface area contributed by atoms with Gasteiger partial charge < -0.3 is 15.6 Å². The van der Waals surface area contributed by atoms with Crippen LogP contribution in [0, 0.1) is 11.8 Å². The van der Waals surface area contributed by atoms with Gasteiger partial charge in [-0.2, -0.15) is 0 Å². The van der Waals surface area contributed by atoms with Gasteiger partial charge in [0.05, 0.1) is 17.5 Å². The molecule has 2 heterocycles. The summed E-state index contributed by atoms with van der Waals surface area (Å²) in [6.45, 7) is 6.25. The Kier molecular flexibility index (Phi) is 4.43. The third-order valence-electron chi connectivity index (χ3n) is 3.11. The number of rotatable bonds is 3. The highest BCUT2D eigenvalue weighted by Crippen LogP contribution is 2.25. The molecule has 0 aliphatic rings. The van der Waals surface area contributed by atoms with Crippen LogP contribution in [-0.4, -0.2) is 27.0 Å². The van der Waals surface area contributed by atoms with Crippen LogP contribution in [-0.2, 0) is 4.79 Å². The van der Waals surface area contributed by atoms with Crippen LogP contribution in [0.2, 0.25) is 0 Å². The van der Waals surface area contributed by atoms with Gasteiger partial charge in [-0.15, -0.1) is 0 Å². The molecule has 0 aromatic carbocycles. The molecule has 2 rings (SSSR count). The highest BCUT2D eigenvalue weighted by atomic mass is 16.1. The molecule has 0 saturated heterocycles. The van der Waals surface area contributed by atoms with E-state index in [-0.39, 0.29) is 11.9 Å². The number of nitrogen functional groups attached to an aromatic ring is 1. The van der Waals surface area contributed by atoms with E-state index in [1.54, 1.807) is 6.92 Å². The maximum absolute atomic E-state index is 11.2. The van der Waals surface area contributed by atoms with E-state index in [9.17, 15) is 4.79 Å². The molecular formula is C15H19N5O. The van der Waals surface area contributed by atoms with E-state index in [1.165, 1.54) is 6.33 Å². The molecule has 3 N–H and O–H groups in total. The van der Waals surface area contributed by atoms with E-state index >= 15 is 0 Å². The Morgan fingerprint density at radius 2 is 2.24 bits per heavy atom. The van der Waals surface area contributed by atoms with E-state index in [0.29, 0.717) is 18.8 Å². The monoisotopic (exact) mass is 285 g/mol. The first kappa shape index (κ1) is 14.9. The fraction of sp³-hybridized carbons (Fsp3) is 0.400. The van der Waals surface area contributed by atoms with Crippen molar-refractivity contribution >= 4 is 22.8 Å². The molecule has 21 heavy (non-hydrogen) atoms. The second-order valence-corrected chi connectivity index (χ2v) is 4.93. The van der Waals surface area contributed by atoms with Crippen molar-refractivity contribution in [2.24, 2.45) is 0 Å². The van der Waals surface area contributed by atoms with Crippen molar-refractivity contribution in [3.05, 3.63) is 18.1 Å². The van der Waals surface area contributed by atoms with Crippen molar-refractivity contribution in [2.75, 3.05) is 12.3 Å². The zero-order chi connectivity index (χ0) is 15.4. The number of hydrogen-bond acceptors (Lipinski definition) is 4. The third-order valence-corrected chi connectivity index (χ3v) is 3.11. The molecule has 0 radical (unpaired) electrons. The molecule has 0 aliphatic carbocycles. The van der Waals surface area contributed by atoms with Gasteiger partial charge in [-0.25, -0.2) is 9.97 Å². The average Bonchev–Trinajstić information content (AvgIpc) is 2.83. The SMILES string of the molecule is CCC(=O)NCC#Cc1cn(C(C)C)c2ncnc(N)c12. The maximum atomic E-state index is 11.2. The molecular weight excluding hydrogens is 266 g/mol. The predicted molar refractivity (Wildman–Crippen MR) is 82.5 cm³/mol. The van der Waals surface area contributed by atoms with Gasteiger partial charge in [0.1, 0.15) is 17.8 Å². The Bertz CT molecular complexity index is 721. The molecule has 0 spiro atoms. The maximum Gasteiger partial charge on any atom is 0.220 e. The lowest BCUT2D eigenvalue weighted by Gasteiger charge is -2.07. The summed E-state index contributed by atoms with van der Waals surface area (Å²) in [4.78, 5) is 19.5. The van der Waals surface area contributed by atoms with Crippen LogP contribution in [0.3, 0.4) is 0 Å². The van der Waals surface area contributed by atoms with E-state index in [0.717, 1.165) is 16.6 Å². The third kappa shape index (κ3) is 3.14. The number of amides is 1. The zero-order valence-corrected chi connectivity index (χ0v) is 12.5. The summed E-state index contributed by atoms with van der Waals surface area (Å²) in [5.74, 6) is 6.37. The lowest BCUT2D eigenvalue weighted by Crippen LogP contribution is -2.22. The van der Waals surface area contributed by atoms with Gasteiger partial charge in [0.25, 0.3) is 0 Å². The minimum Gasteiger partial charge on any atom is -0.383 e. The number of nitrogens with one attached hydrogen (secondary N) is 1. The Morgan fingerprint density at radius 3 is 2.90 bits per heavy atom. The minimum absolute atomic E-state index is 0.0169. The molecule has 0 aliphatic heterocycles. The summed E-state index contributed by atoms with van der Waals surface area (Å²) in [5, 5.41) is 3.48. The van der Waals surface area contributed by atoms with Crippen LogP contribution in [0.1, 0.15) is 38.8 Å². The van der Waals surface area contributed by atoms with E-state index < -0.39 is 0 Å². The smallest absolute Gasteiger partial charge is 0.220 e. The summed E-state index contributed by atoms with van der Waals surface area (Å²) in [7, 11) is 0. The lowest BCUT2D eigenvalue weighted by molar-refractivity contribution is -0.120. The fourth-order valence-electron chi connectivity index (χ4n) is 2.00. The topological polar surface area (TPSA) is 85.8 Å². The van der Waals surface area contributed by atoms with E-state index in [1.807, 2.05) is 10.8 Å². The van der Waals surface area contributed by atoms with Crippen molar-refractivity contribution in [1.82, 2.24) is 19.9 Å². The van der Waals surface area contributed by atoms with Crippen LogP contribution in [0.15, 0.2) is 12.5 Å². The van der Waals surface area contributed by atoms with Crippen molar-refractivity contribution in [1.29, 1.82) is 0 Å². The number of hydrogen-bond donors (Lipinski definition) is 2. The van der Waals surface area contributed by atoms with Gasteiger partial charge in [0.15, 0.2) is 0 Å². The van der Waals surface area contributed by atoms with Gasteiger partial charge in [-0.3, -0.25) is 4.79 Å². The molecule has 0 atom stereocenters. The van der Waals surface area contributed by atoms with Crippen LogP contribution >= 0.6 is 0 Å². The number of anilines is 1. The Morgan fingerprint density at radius 1 is 1.48 bits per heavy atom. The van der Waals surface area contributed by atoms with Gasteiger partial charge >= 0.3 is 0 Å². The normalized spacial score (nSPS) is 10.5. The second-order valence-electron chi connectivity index (χ2n) is 4.93. The lowest BCUT2D eigenvalue weighted by atomic mass is 10.2. The number of fused-ring (bicyclic) bond motifs is 1. The van der Waals surface area contributed by atoms with Gasteiger partial charge in [0, 0.05) is 18.7 Å². The molecule has 6 heteroatoms. The minimum atomic E-state index is -0.0169. The average molecular weight is 285 g/mol. The van der Waals surface area contributed by atoms with Gasteiger partial charge in [-0.05, 0) is 13.8 Å². The summed E-state index contributed by atoms with van der Waals surface area (Å²) < 4.78 is 2.02. The largest absolute Gasteiger partial charge is 0.383 e. The molecule has 1 amide bonds. The Hall–Kier alpha value is -2.55. The molecule has 2 aromatic heterocycles. The zero-order valence-electron chi connectivity index (χ0n) is 12.5. The summed E-state index contributed by atoms with van der Waals surface area (Å²) in [5.41, 5.74) is 7.50. The van der Waals surface area contributed by atoms with Crippen molar-refractivity contribution in [3.63, 3.8) is 0 Å². The van der Waals surface area contributed by atoms with Crippen molar-refractivity contribution in [2.45, 2.75) is 33.2 Å². The molecule has 0 fully saturated rings. The molecule has 0 bridgehead atoms. The van der Waals surface area contributed by atoms with Crippen LogP contribution in [0.4, 0.5) is 5.82 Å². The van der Waals surface area contributed by atoms with Crippen molar-refractivity contribution in [3.8, 4) is 11.8 Å². The Labute approximate surface area is 123 Å². The number of nitrogens with two attached hydrogens (primary N) is 1. The van der Waals surface area contributed by atoms with Crippen LogP contribution < -0.4 is 11.1 Å². The van der Waals surface area contributed by atoms with Gasteiger partial charge in [-0.1, -0.05) is 18.8 Å². The quantitative estimate of drug-likeness (QED) is 0.836. The van der Waals surface area contributed by atoms with Crippen molar-refractivity contribution < 1.29 is 4.79 Å². The van der Waals surface area contributed by atoms with Crippen LogP contribution in [0.5, 0.6) is 0 Å². The first-order chi connectivity index (χ1) is 10.0. The predicted octanol–water partition coefficient (Wildman–Crippen LogP) is 1.47. The first-order valence-electron chi connectivity index (χ1n) is 6.91. The molecule has 0 unspecified atom stereocenters. The molecule has 6 nitrogen and oxygen atoms in total.